The van der Waals surface area contributed by atoms with Gasteiger partial charge in [-0.15, -0.1) is 10.2 Å². The average molecular weight is 453 g/mol. The van der Waals surface area contributed by atoms with Gasteiger partial charge in [-0.3, -0.25) is 4.79 Å². The number of rotatable bonds is 8. The van der Waals surface area contributed by atoms with Crippen LogP contribution in [0.2, 0.25) is 0 Å². The molecule has 4 rings (SSSR count). The fourth-order valence-electron chi connectivity index (χ4n) is 4.08. The molecule has 1 amide bonds. The van der Waals surface area contributed by atoms with Crippen LogP contribution in [0, 0.1) is 0 Å². The van der Waals surface area contributed by atoms with E-state index in [0.29, 0.717) is 25.2 Å². The molecule has 1 aromatic heterocycles. The molecule has 9 heteroatoms. The van der Waals surface area contributed by atoms with E-state index in [1.54, 1.807) is 0 Å². The molecule has 1 fully saturated rings. The molecule has 0 spiro atoms. The maximum absolute atomic E-state index is 13.0. The Bertz CT molecular complexity index is 1050. The first-order chi connectivity index (χ1) is 16.0. The topological polar surface area (TPSA) is 102 Å². The lowest BCUT2D eigenvalue weighted by Gasteiger charge is -2.33. The van der Waals surface area contributed by atoms with Gasteiger partial charge in [0, 0.05) is 49.7 Å². The highest BCUT2D eigenvalue weighted by Gasteiger charge is 2.30. The minimum atomic E-state index is -0.802. The van der Waals surface area contributed by atoms with Gasteiger partial charge in [-0.05, 0) is 25.1 Å². The van der Waals surface area contributed by atoms with Crippen molar-refractivity contribution in [2.75, 3.05) is 39.8 Å². The Kier molecular flexibility index (Phi) is 7.39. The van der Waals surface area contributed by atoms with Gasteiger partial charge in [0.2, 0.25) is 0 Å². The van der Waals surface area contributed by atoms with Crippen molar-refractivity contribution >= 4 is 34.3 Å². The third-order valence-corrected chi connectivity index (χ3v) is 6.17. The number of amides is 1. The first-order valence-electron chi connectivity index (χ1n) is 11.6. The van der Waals surface area contributed by atoms with Crippen molar-refractivity contribution in [3.05, 3.63) is 36.0 Å². The quantitative estimate of drug-likeness (QED) is 0.471. The van der Waals surface area contributed by atoms with Gasteiger partial charge in [0.1, 0.15) is 17.6 Å². The SMILES string of the molecule is CCCCOC(=O)C(Cc1c[nH]c2ccccc12)NC(=O)C1=NN=C(N2CCN(C)CC2)C1. The second-order valence-corrected chi connectivity index (χ2v) is 8.64. The molecule has 1 aromatic carbocycles. The van der Waals surface area contributed by atoms with E-state index >= 15 is 0 Å². The number of piperazine rings is 1. The number of nitrogens with zero attached hydrogens (tertiary/aromatic N) is 4. The van der Waals surface area contributed by atoms with Gasteiger partial charge >= 0.3 is 5.97 Å². The number of aromatic amines is 1. The Balaban J connectivity index is 1.41. The predicted octanol–water partition coefficient (Wildman–Crippen LogP) is 1.94. The number of hydrogen-bond donors (Lipinski definition) is 2. The second-order valence-electron chi connectivity index (χ2n) is 8.64. The first kappa shape index (κ1) is 23.0. The van der Waals surface area contributed by atoms with E-state index in [2.05, 4.69) is 37.4 Å². The Morgan fingerprint density at radius 2 is 1.97 bits per heavy atom. The third-order valence-electron chi connectivity index (χ3n) is 6.17. The molecule has 9 nitrogen and oxygen atoms in total. The largest absolute Gasteiger partial charge is 0.464 e. The van der Waals surface area contributed by atoms with E-state index in [0.717, 1.165) is 61.3 Å². The van der Waals surface area contributed by atoms with Crippen molar-refractivity contribution in [1.29, 1.82) is 0 Å². The molecule has 2 N–H and O–H groups in total. The number of carbonyl (C=O) groups is 2. The molecule has 0 aliphatic carbocycles. The van der Waals surface area contributed by atoms with Crippen LogP contribution in [-0.4, -0.2) is 84.1 Å². The monoisotopic (exact) mass is 452 g/mol. The Hall–Kier alpha value is -3.20. The number of carbonyl (C=O) groups excluding carboxylic acids is 2. The van der Waals surface area contributed by atoms with Crippen LogP contribution in [0.25, 0.3) is 10.9 Å². The van der Waals surface area contributed by atoms with E-state index < -0.39 is 12.0 Å². The molecule has 1 atom stereocenters. The lowest BCUT2D eigenvalue weighted by atomic mass is 10.0. The summed E-state index contributed by atoms with van der Waals surface area (Å²) >= 11 is 0. The molecule has 0 radical (unpaired) electrons. The number of likely N-dealkylation sites (N-methyl/N-ethyl adjacent to an activating group) is 1. The van der Waals surface area contributed by atoms with Crippen LogP contribution in [0.15, 0.2) is 40.7 Å². The number of para-hydroxylation sites is 1. The number of aromatic nitrogens is 1. The van der Waals surface area contributed by atoms with Crippen LogP contribution in [-0.2, 0) is 20.7 Å². The molecule has 2 aromatic rings. The minimum absolute atomic E-state index is 0.328. The predicted molar refractivity (Wildman–Crippen MR) is 128 cm³/mol. The van der Waals surface area contributed by atoms with Crippen molar-refractivity contribution in [2.24, 2.45) is 10.2 Å². The summed E-state index contributed by atoms with van der Waals surface area (Å²) in [4.78, 5) is 33.5. The van der Waals surface area contributed by atoms with Gasteiger partial charge in [-0.25, -0.2) is 4.79 Å². The molecule has 1 unspecified atom stereocenters. The smallest absolute Gasteiger partial charge is 0.328 e. The van der Waals surface area contributed by atoms with Gasteiger partial charge in [-0.2, -0.15) is 0 Å². The highest BCUT2D eigenvalue weighted by Crippen LogP contribution is 2.20. The molecule has 1 saturated heterocycles. The van der Waals surface area contributed by atoms with Gasteiger partial charge < -0.3 is 24.8 Å². The molecule has 0 bridgehead atoms. The summed E-state index contributed by atoms with van der Waals surface area (Å²) in [5.74, 6) is 0.00741. The second kappa shape index (κ2) is 10.6. The number of unbranched alkanes of at least 4 members (excludes halogenated alkanes) is 1. The van der Waals surface area contributed by atoms with Gasteiger partial charge in [-0.1, -0.05) is 31.5 Å². The van der Waals surface area contributed by atoms with E-state index in [9.17, 15) is 9.59 Å². The molecule has 3 heterocycles. The zero-order valence-corrected chi connectivity index (χ0v) is 19.3. The summed E-state index contributed by atoms with van der Waals surface area (Å²) in [5.41, 5.74) is 2.27. The summed E-state index contributed by atoms with van der Waals surface area (Å²) in [7, 11) is 2.09. The van der Waals surface area contributed by atoms with Gasteiger partial charge in [0.05, 0.1) is 13.0 Å². The number of hydrogen-bond acceptors (Lipinski definition) is 7. The number of ether oxygens (including phenoxy) is 1. The summed E-state index contributed by atoms with van der Waals surface area (Å²) in [5, 5.41) is 12.3. The number of H-pyrrole nitrogens is 1. The lowest BCUT2D eigenvalue weighted by molar-refractivity contribution is -0.147. The number of amidine groups is 1. The fourth-order valence-corrected chi connectivity index (χ4v) is 4.08. The van der Waals surface area contributed by atoms with Crippen LogP contribution in [0.4, 0.5) is 0 Å². The number of esters is 1. The lowest BCUT2D eigenvalue weighted by Crippen LogP contribution is -2.48. The Labute approximate surface area is 193 Å². The van der Waals surface area contributed by atoms with Crippen molar-refractivity contribution in [3.8, 4) is 0 Å². The van der Waals surface area contributed by atoms with Crippen LogP contribution >= 0.6 is 0 Å². The summed E-state index contributed by atoms with van der Waals surface area (Å²) < 4.78 is 5.45. The minimum Gasteiger partial charge on any atom is -0.464 e. The van der Waals surface area contributed by atoms with Gasteiger partial charge in [0.25, 0.3) is 5.91 Å². The number of benzene rings is 1. The maximum atomic E-state index is 13.0. The molecule has 2 aliphatic heterocycles. The van der Waals surface area contributed by atoms with E-state index in [-0.39, 0.29) is 5.91 Å². The van der Waals surface area contributed by atoms with E-state index in [4.69, 9.17) is 4.74 Å². The Morgan fingerprint density at radius 3 is 2.76 bits per heavy atom. The van der Waals surface area contributed by atoms with Crippen molar-refractivity contribution in [1.82, 2.24) is 20.1 Å². The van der Waals surface area contributed by atoms with Crippen molar-refractivity contribution < 1.29 is 14.3 Å². The normalized spacial score (nSPS) is 17.6. The molecule has 0 saturated carbocycles. The maximum Gasteiger partial charge on any atom is 0.328 e. The highest BCUT2D eigenvalue weighted by atomic mass is 16.5. The van der Waals surface area contributed by atoms with Crippen molar-refractivity contribution in [3.63, 3.8) is 0 Å². The van der Waals surface area contributed by atoms with Gasteiger partial charge in [0.15, 0.2) is 0 Å². The molecule has 33 heavy (non-hydrogen) atoms. The third kappa shape index (κ3) is 5.60. The number of nitrogens with one attached hydrogen (secondary N) is 2. The van der Waals surface area contributed by atoms with Crippen LogP contribution in [0.5, 0.6) is 0 Å². The van der Waals surface area contributed by atoms with E-state index in [1.165, 1.54) is 0 Å². The summed E-state index contributed by atoms with van der Waals surface area (Å²) in [6.07, 6.45) is 4.30. The van der Waals surface area contributed by atoms with Crippen molar-refractivity contribution in [2.45, 2.75) is 38.6 Å². The standard InChI is InChI=1S/C24H32N6O3/c1-3-4-13-33-24(32)21(14-17-16-25-19-8-6-5-7-18(17)19)26-23(31)20-15-22(28-27-20)30-11-9-29(2)10-12-30/h5-8,16,21,25H,3-4,9-15H2,1-2H3,(H,26,31). The zero-order chi connectivity index (χ0) is 23.2. The molecular formula is C24H32N6O3. The molecular weight excluding hydrogens is 420 g/mol. The highest BCUT2D eigenvalue weighted by molar-refractivity contribution is 6.43. The summed E-state index contributed by atoms with van der Waals surface area (Å²) in [6, 6.07) is 7.09. The Morgan fingerprint density at radius 1 is 1.18 bits per heavy atom. The van der Waals surface area contributed by atoms with E-state index in [1.807, 2.05) is 37.4 Å². The van der Waals surface area contributed by atoms with Crippen LogP contribution < -0.4 is 5.32 Å². The van der Waals surface area contributed by atoms with Crippen LogP contribution in [0.3, 0.4) is 0 Å². The molecule has 2 aliphatic rings. The van der Waals surface area contributed by atoms with Crippen LogP contribution in [0.1, 0.15) is 31.7 Å². The average Bonchev–Trinajstić information content (AvgIpc) is 3.47. The fraction of sp³-hybridized carbons (Fsp3) is 0.500. The number of fused-ring (bicyclic) bond motifs is 1. The zero-order valence-electron chi connectivity index (χ0n) is 19.3. The summed E-state index contributed by atoms with van der Waals surface area (Å²) in [6.45, 7) is 6.02. The molecule has 176 valence electrons. The first-order valence-corrected chi connectivity index (χ1v) is 11.6.